The molecule has 0 radical (unpaired) electrons. The first-order chi connectivity index (χ1) is 7.74. The third-order valence-electron chi connectivity index (χ3n) is 2.97. The number of nitrogens with zero attached hydrogens (tertiary/aromatic N) is 2. The highest BCUT2D eigenvalue weighted by Crippen LogP contribution is 2.27. The van der Waals surface area contributed by atoms with Gasteiger partial charge in [-0.1, -0.05) is 24.3 Å². The SMILES string of the molecule is COCc1ccccc1C1CN=C(N)N1C. The van der Waals surface area contributed by atoms with Crippen molar-refractivity contribution in [3.8, 4) is 0 Å². The molecule has 0 bridgehead atoms. The minimum atomic E-state index is 0.242. The van der Waals surface area contributed by atoms with Gasteiger partial charge in [0.25, 0.3) is 0 Å². The first-order valence-electron chi connectivity index (χ1n) is 5.33. The molecule has 0 spiro atoms. The number of methoxy groups -OCH3 is 1. The summed E-state index contributed by atoms with van der Waals surface area (Å²) in [6.07, 6.45) is 0. The summed E-state index contributed by atoms with van der Waals surface area (Å²) in [5, 5.41) is 0. The minimum absolute atomic E-state index is 0.242. The molecule has 1 aromatic rings. The number of rotatable bonds is 3. The maximum Gasteiger partial charge on any atom is 0.191 e. The van der Waals surface area contributed by atoms with E-state index in [1.165, 1.54) is 11.1 Å². The molecule has 1 aromatic carbocycles. The van der Waals surface area contributed by atoms with Gasteiger partial charge in [0, 0.05) is 14.2 Å². The quantitative estimate of drug-likeness (QED) is 0.829. The van der Waals surface area contributed by atoms with Crippen molar-refractivity contribution in [1.29, 1.82) is 0 Å². The molecule has 0 saturated carbocycles. The number of ether oxygens (including phenoxy) is 1. The molecule has 1 atom stereocenters. The van der Waals surface area contributed by atoms with Crippen LogP contribution in [0.25, 0.3) is 0 Å². The van der Waals surface area contributed by atoms with Crippen molar-refractivity contribution < 1.29 is 4.74 Å². The van der Waals surface area contributed by atoms with Crippen molar-refractivity contribution in [2.45, 2.75) is 12.6 Å². The Morgan fingerprint density at radius 2 is 2.25 bits per heavy atom. The van der Waals surface area contributed by atoms with Crippen LogP contribution >= 0.6 is 0 Å². The number of aliphatic imine (C=N–C) groups is 1. The molecule has 1 unspecified atom stereocenters. The highest BCUT2D eigenvalue weighted by molar-refractivity contribution is 5.80. The van der Waals surface area contributed by atoms with Crippen molar-refractivity contribution in [2.75, 3.05) is 20.7 Å². The van der Waals surface area contributed by atoms with E-state index in [0.29, 0.717) is 12.6 Å². The Morgan fingerprint density at radius 3 is 2.88 bits per heavy atom. The lowest BCUT2D eigenvalue weighted by Crippen LogP contribution is -2.32. The minimum Gasteiger partial charge on any atom is -0.380 e. The molecular weight excluding hydrogens is 202 g/mol. The zero-order valence-electron chi connectivity index (χ0n) is 9.68. The molecule has 86 valence electrons. The van der Waals surface area contributed by atoms with Gasteiger partial charge in [0.15, 0.2) is 5.96 Å². The van der Waals surface area contributed by atoms with Gasteiger partial charge >= 0.3 is 0 Å². The van der Waals surface area contributed by atoms with Crippen LogP contribution in [0, 0.1) is 0 Å². The molecule has 0 fully saturated rings. The molecule has 1 aliphatic heterocycles. The Bertz CT molecular complexity index is 403. The van der Waals surface area contributed by atoms with Gasteiger partial charge in [-0.3, -0.25) is 4.99 Å². The van der Waals surface area contributed by atoms with Crippen LogP contribution in [0.3, 0.4) is 0 Å². The Balaban J connectivity index is 2.27. The van der Waals surface area contributed by atoms with Crippen molar-refractivity contribution in [3.63, 3.8) is 0 Å². The zero-order valence-corrected chi connectivity index (χ0v) is 9.68. The van der Waals surface area contributed by atoms with E-state index in [-0.39, 0.29) is 6.04 Å². The summed E-state index contributed by atoms with van der Waals surface area (Å²) in [6.45, 7) is 1.35. The Kier molecular flexibility index (Phi) is 3.10. The van der Waals surface area contributed by atoms with E-state index in [1.807, 2.05) is 24.1 Å². The maximum atomic E-state index is 5.77. The summed E-state index contributed by atoms with van der Waals surface area (Å²) in [4.78, 5) is 6.26. The van der Waals surface area contributed by atoms with Gasteiger partial charge in [0.2, 0.25) is 0 Å². The molecule has 2 rings (SSSR count). The summed E-state index contributed by atoms with van der Waals surface area (Å²) in [5.41, 5.74) is 8.22. The van der Waals surface area contributed by atoms with Gasteiger partial charge in [0.1, 0.15) is 0 Å². The molecule has 0 saturated heterocycles. The van der Waals surface area contributed by atoms with E-state index in [1.54, 1.807) is 7.11 Å². The van der Waals surface area contributed by atoms with Crippen molar-refractivity contribution in [1.82, 2.24) is 4.90 Å². The Morgan fingerprint density at radius 1 is 1.50 bits per heavy atom. The fraction of sp³-hybridized carbons (Fsp3) is 0.417. The van der Waals surface area contributed by atoms with Crippen LogP contribution in [0.2, 0.25) is 0 Å². The topological polar surface area (TPSA) is 50.9 Å². The van der Waals surface area contributed by atoms with Gasteiger partial charge in [-0.25, -0.2) is 0 Å². The van der Waals surface area contributed by atoms with E-state index in [0.717, 1.165) is 6.54 Å². The summed E-state index contributed by atoms with van der Waals surface area (Å²) < 4.78 is 5.20. The zero-order chi connectivity index (χ0) is 11.5. The van der Waals surface area contributed by atoms with Crippen LogP contribution in [0.4, 0.5) is 0 Å². The average Bonchev–Trinajstić information content (AvgIpc) is 2.61. The van der Waals surface area contributed by atoms with Crippen LogP contribution in [-0.4, -0.2) is 31.6 Å². The second-order valence-corrected chi connectivity index (χ2v) is 3.96. The average molecular weight is 219 g/mol. The van der Waals surface area contributed by atoms with Crippen molar-refractivity contribution in [2.24, 2.45) is 10.7 Å². The summed E-state index contributed by atoms with van der Waals surface area (Å²) in [7, 11) is 3.68. The van der Waals surface area contributed by atoms with Gasteiger partial charge in [0.05, 0.1) is 19.2 Å². The number of guanidine groups is 1. The van der Waals surface area contributed by atoms with Crippen molar-refractivity contribution >= 4 is 5.96 Å². The molecule has 4 nitrogen and oxygen atoms in total. The van der Waals surface area contributed by atoms with Gasteiger partial charge in [-0.05, 0) is 11.1 Å². The second kappa shape index (κ2) is 4.53. The summed E-state index contributed by atoms with van der Waals surface area (Å²) in [6, 6.07) is 8.50. The van der Waals surface area contributed by atoms with E-state index in [9.17, 15) is 0 Å². The number of hydrogen-bond donors (Lipinski definition) is 1. The fourth-order valence-electron chi connectivity index (χ4n) is 2.03. The van der Waals surface area contributed by atoms with Gasteiger partial charge in [-0.2, -0.15) is 0 Å². The molecule has 1 aliphatic rings. The monoisotopic (exact) mass is 219 g/mol. The molecule has 0 aliphatic carbocycles. The normalized spacial score (nSPS) is 20.0. The van der Waals surface area contributed by atoms with E-state index < -0.39 is 0 Å². The largest absolute Gasteiger partial charge is 0.380 e. The smallest absolute Gasteiger partial charge is 0.191 e. The van der Waals surface area contributed by atoms with E-state index in [4.69, 9.17) is 10.5 Å². The second-order valence-electron chi connectivity index (χ2n) is 3.96. The van der Waals surface area contributed by atoms with E-state index in [2.05, 4.69) is 17.1 Å². The predicted molar refractivity (Wildman–Crippen MR) is 64.1 cm³/mol. The number of likely N-dealkylation sites (N-methyl/N-ethyl adjacent to an activating group) is 1. The molecular formula is C12H17N3O. The summed E-state index contributed by atoms with van der Waals surface area (Å²) in [5.74, 6) is 0.609. The van der Waals surface area contributed by atoms with Crippen LogP contribution in [-0.2, 0) is 11.3 Å². The first kappa shape index (κ1) is 11.0. The van der Waals surface area contributed by atoms with Gasteiger partial charge in [-0.15, -0.1) is 0 Å². The lowest BCUT2D eigenvalue weighted by atomic mass is 10.0. The molecule has 4 heteroatoms. The van der Waals surface area contributed by atoms with Crippen LogP contribution in [0.1, 0.15) is 17.2 Å². The first-order valence-corrected chi connectivity index (χ1v) is 5.33. The predicted octanol–water partition coefficient (Wildman–Crippen LogP) is 1.13. The van der Waals surface area contributed by atoms with Crippen LogP contribution in [0.5, 0.6) is 0 Å². The lowest BCUT2D eigenvalue weighted by molar-refractivity contribution is 0.183. The van der Waals surface area contributed by atoms with Crippen molar-refractivity contribution in [3.05, 3.63) is 35.4 Å². The molecule has 1 heterocycles. The molecule has 2 N–H and O–H groups in total. The maximum absolute atomic E-state index is 5.77. The third kappa shape index (κ3) is 1.88. The lowest BCUT2D eigenvalue weighted by Gasteiger charge is -2.23. The van der Waals surface area contributed by atoms with E-state index >= 15 is 0 Å². The molecule has 0 aromatic heterocycles. The number of nitrogens with two attached hydrogens (primary N) is 1. The molecule has 0 amide bonds. The number of hydrogen-bond acceptors (Lipinski definition) is 4. The highest BCUT2D eigenvalue weighted by Gasteiger charge is 2.25. The molecule has 16 heavy (non-hydrogen) atoms. The Hall–Kier alpha value is -1.55. The Labute approximate surface area is 95.7 Å². The fourth-order valence-corrected chi connectivity index (χ4v) is 2.03. The standard InChI is InChI=1S/C12H17N3O/c1-15-11(7-14-12(15)13)10-6-4-3-5-9(10)8-16-2/h3-6,11H,7-8H2,1-2H3,(H2,13,14). The third-order valence-corrected chi connectivity index (χ3v) is 2.97. The van der Waals surface area contributed by atoms with Crippen LogP contribution in [0.15, 0.2) is 29.3 Å². The van der Waals surface area contributed by atoms with Gasteiger partial charge < -0.3 is 15.4 Å². The number of benzene rings is 1. The highest BCUT2D eigenvalue weighted by atomic mass is 16.5. The van der Waals surface area contributed by atoms with Crippen LogP contribution < -0.4 is 5.73 Å². The summed E-state index contributed by atoms with van der Waals surface area (Å²) >= 11 is 0.